The molecule has 0 amide bonds. The van der Waals surface area contributed by atoms with Crippen molar-refractivity contribution in [2.75, 3.05) is 0 Å². The smallest absolute Gasteiger partial charge is 0.305 e. The van der Waals surface area contributed by atoms with Crippen LogP contribution in [0.15, 0.2) is 12.1 Å². The van der Waals surface area contributed by atoms with Crippen molar-refractivity contribution in [3.05, 3.63) is 33.6 Å². The topological polar surface area (TPSA) is 63.3 Å². The molecule has 0 spiro atoms. The molecule has 6 heteroatoms. The molecule has 3 nitrogen and oxygen atoms in total. The molecule has 0 aliphatic carbocycles. The zero-order chi connectivity index (χ0) is 12.5. The highest BCUT2D eigenvalue weighted by molar-refractivity contribution is 6.35. The van der Waals surface area contributed by atoms with Gasteiger partial charge in [-0.2, -0.15) is 0 Å². The van der Waals surface area contributed by atoms with Gasteiger partial charge in [0.25, 0.3) is 0 Å². The summed E-state index contributed by atoms with van der Waals surface area (Å²) in [5.74, 6) is -1.76. The van der Waals surface area contributed by atoms with Gasteiger partial charge in [-0.3, -0.25) is 4.79 Å². The SMILES string of the molecule is CC(N)(CC(=O)O)c1cc(F)c(Cl)cc1Cl. The summed E-state index contributed by atoms with van der Waals surface area (Å²) in [6.07, 6.45) is -0.353. The van der Waals surface area contributed by atoms with E-state index < -0.39 is 17.3 Å². The van der Waals surface area contributed by atoms with Crippen LogP contribution in [0.3, 0.4) is 0 Å². The first-order chi connectivity index (χ1) is 7.24. The zero-order valence-corrected chi connectivity index (χ0v) is 9.94. The largest absolute Gasteiger partial charge is 0.481 e. The van der Waals surface area contributed by atoms with Crippen molar-refractivity contribution >= 4 is 29.2 Å². The number of hydrogen-bond donors (Lipinski definition) is 2. The minimum Gasteiger partial charge on any atom is -0.481 e. The molecular formula is C10H10Cl2FNO2. The van der Waals surface area contributed by atoms with E-state index in [4.69, 9.17) is 34.0 Å². The number of nitrogens with two attached hydrogens (primary N) is 1. The number of halogens is 3. The fraction of sp³-hybridized carbons (Fsp3) is 0.300. The highest BCUT2D eigenvalue weighted by atomic mass is 35.5. The predicted octanol–water partition coefficient (Wildman–Crippen LogP) is 2.78. The molecule has 0 bridgehead atoms. The van der Waals surface area contributed by atoms with Gasteiger partial charge in [-0.1, -0.05) is 23.2 Å². The Morgan fingerprint density at radius 2 is 2.06 bits per heavy atom. The summed E-state index contributed by atoms with van der Waals surface area (Å²) in [6.45, 7) is 1.47. The summed E-state index contributed by atoms with van der Waals surface area (Å²) in [5.41, 5.74) is 4.76. The second-order valence-electron chi connectivity index (χ2n) is 3.73. The van der Waals surface area contributed by atoms with Gasteiger partial charge in [0, 0.05) is 5.02 Å². The highest BCUT2D eigenvalue weighted by Gasteiger charge is 2.28. The normalized spacial score (nSPS) is 14.6. The predicted molar refractivity (Wildman–Crippen MR) is 60.2 cm³/mol. The molecule has 1 rings (SSSR count). The van der Waals surface area contributed by atoms with Crippen LogP contribution >= 0.6 is 23.2 Å². The number of carbonyl (C=O) groups is 1. The summed E-state index contributed by atoms with van der Waals surface area (Å²) in [5, 5.41) is 8.71. The minimum atomic E-state index is -1.24. The molecule has 3 N–H and O–H groups in total. The number of carboxylic acids is 1. The summed E-state index contributed by atoms with van der Waals surface area (Å²) in [4.78, 5) is 10.6. The number of carboxylic acid groups (broad SMARTS) is 1. The lowest BCUT2D eigenvalue weighted by Gasteiger charge is -2.24. The molecule has 0 heterocycles. The number of aliphatic carboxylic acids is 1. The molecule has 0 fully saturated rings. The fourth-order valence-corrected chi connectivity index (χ4v) is 1.97. The standard InChI is InChI=1S/C10H10Cl2FNO2/c1-10(14,4-9(15)16)5-2-8(13)7(12)3-6(5)11/h2-3H,4,14H2,1H3,(H,15,16). The molecule has 0 saturated heterocycles. The molecule has 0 saturated carbocycles. The van der Waals surface area contributed by atoms with Crippen molar-refractivity contribution in [2.24, 2.45) is 5.73 Å². The van der Waals surface area contributed by atoms with Gasteiger partial charge in [-0.25, -0.2) is 4.39 Å². The van der Waals surface area contributed by atoms with Crippen LogP contribution in [-0.2, 0) is 10.3 Å². The number of hydrogen-bond acceptors (Lipinski definition) is 2. The van der Waals surface area contributed by atoms with Crippen LogP contribution in [0.25, 0.3) is 0 Å². The molecule has 0 aliphatic rings. The summed E-state index contributed by atoms with van der Waals surface area (Å²) >= 11 is 11.4. The number of benzene rings is 1. The van der Waals surface area contributed by atoms with E-state index >= 15 is 0 Å². The summed E-state index contributed by atoms with van der Waals surface area (Å²) in [6, 6.07) is 2.27. The van der Waals surface area contributed by atoms with E-state index in [-0.39, 0.29) is 22.0 Å². The Morgan fingerprint density at radius 3 is 2.56 bits per heavy atom. The van der Waals surface area contributed by atoms with Gasteiger partial charge in [0.2, 0.25) is 0 Å². The van der Waals surface area contributed by atoms with Crippen LogP contribution in [0, 0.1) is 5.82 Å². The molecule has 88 valence electrons. The third-order valence-corrected chi connectivity index (χ3v) is 2.75. The third-order valence-electron chi connectivity index (χ3n) is 2.14. The van der Waals surface area contributed by atoms with Crippen LogP contribution in [0.4, 0.5) is 4.39 Å². The average molecular weight is 266 g/mol. The first-order valence-electron chi connectivity index (χ1n) is 4.40. The Kier molecular flexibility index (Phi) is 3.78. The van der Waals surface area contributed by atoms with Gasteiger partial charge in [0.15, 0.2) is 0 Å². The number of rotatable bonds is 3. The summed E-state index contributed by atoms with van der Waals surface area (Å²) < 4.78 is 13.2. The Morgan fingerprint density at radius 1 is 1.50 bits per heavy atom. The molecular weight excluding hydrogens is 256 g/mol. The maximum atomic E-state index is 13.2. The molecule has 0 aliphatic heterocycles. The van der Waals surface area contributed by atoms with Gasteiger partial charge in [0.1, 0.15) is 5.82 Å². The maximum absolute atomic E-state index is 13.2. The van der Waals surface area contributed by atoms with Crippen LogP contribution in [-0.4, -0.2) is 11.1 Å². The summed E-state index contributed by atoms with van der Waals surface area (Å²) in [7, 11) is 0. The van der Waals surface area contributed by atoms with Crippen molar-refractivity contribution in [2.45, 2.75) is 18.9 Å². The van der Waals surface area contributed by atoms with E-state index in [0.717, 1.165) is 6.07 Å². The Bertz CT molecular complexity index is 435. The lowest BCUT2D eigenvalue weighted by atomic mass is 9.90. The Balaban J connectivity index is 3.22. The molecule has 0 aromatic heterocycles. The van der Waals surface area contributed by atoms with E-state index in [2.05, 4.69) is 0 Å². The average Bonchev–Trinajstić information content (AvgIpc) is 2.08. The quantitative estimate of drug-likeness (QED) is 0.827. The van der Waals surface area contributed by atoms with Crippen LogP contribution in [0.5, 0.6) is 0 Å². The monoisotopic (exact) mass is 265 g/mol. The fourth-order valence-electron chi connectivity index (χ4n) is 1.37. The first kappa shape index (κ1) is 13.2. The first-order valence-corrected chi connectivity index (χ1v) is 5.15. The van der Waals surface area contributed by atoms with Crippen molar-refractivity contribution < 1.29 is 14.3 Å². The maximum Gasteiger partial charge on any atom is 0.305 e. The lowest BCUT2D eigenvalue weighted by molar-refractivity contribution is -0.138. The van der Waals surface area contributed by atoms with E-state index in [1.54, 1.807) is 0 Å². The van der Waals surface area contributed by atoms with Crippen LogP contribution in [0.1, 0.15) is 18.9 Å². The molecule has 16 heavy (non-hydrogen) atoms. The van der Waals surface area contributed by atoms with Crippen molar-refractivity contribution in [3.8, 4) is 0 Å². The molecule has 1 atom stereocenters. The second-order valence-corrected chi connectivity index (χ2v) is 4.55. The minimum absolute atomic E-state index is 0.125. The van der Waals surface area contributed by atoms with Crippen molar-refractivity contribution in [3.63, 3.8) is 0 Å². The van der Waals surface area contributed by atoms with Gasteiger partial charge in [0.05, 0.1) is 17.0 Å². The van der Waals surface area contributed by atoms with E-state index in [9.17, 15) is 9.18 Å². The molecule has 1 aromatic carbocycles. The van der Waals surface area contributed by atoms with Crippen molar-refractivity contribution in [1.82, 2.24) is 0 Å². The highest BCUT2D eigenvalue weighted by Crippen LogP contribution is 2.32. The van der Waals surface area contributed by atoms with Gasteiger partial charge in [-0.15, -0.1) is 0 Å². The van der Waals surface area contributed by atoms with Gasteiger partial charge >= 0.3 is 5.97 Å². The molecule has 1 aromatic rings. The van der Waals surface area contributed by atoms with E-state index in [1.807, 2.05) is 0 Å². The van der Waals surface area contributed by atoms with Crippen LogP contribution < -0.4 is 5.73 Å². The van der Waals surface area contributed by atoms with E-state index in [0.29, 0.717) is 0 Å². The zero-order valence-electron chi connectivity index (χ0n) is 8.43. The third kappa shape index (κ3) is 2.84. The molecule has 0 radical (unpaired) electrons. The van der Waals surface area contributed by atoms with Gasteiger partial charge < -0.3 is 10.8 Å². The Hall–Kier alpha value is -0.840. The van der Waals surface area contributed by atoms with Gasteiger partial charge in [-0.05, 0) is 24.6 Å². The van der Waals surface area contributed by atoms with Crippen molar-refractivity contribution in [1.29, 1.82) is 0 Å². The Labute approximate surface area is 102 Å². The van der Waals surface area contributed by atoms with E-state index in [1.165, 1.54) is 13.0 Å². The second kappa shape index (κ2) is 4.57. The lowest BCUT2D eigenvalue weighted by Crippen LogP contribution is -2.36. The van der Waals surface area contributed by atoms with Crippen LogP contribution in [0.2, 0.25) is 10.0 Å². The molecule has 1 unspecified atom stereocenters.